The van der Waals surface area contributed by atoms with Crippen LogP contribution >= 0.6 is 11.3 Å². The second kappa shape index (κ2) is 9.94. The molecule has 37 heavy (non-hydrogen) atoms. The zero-order valence-electron chi connectivity index (χ0n) is 20.2. The minimum atomic E-state index is -1.01. The van der Waals surface area contributed by atoms with Crippen molar-refractivity contribution in [3.05, 3.63) is 89.2 Å². The summed E-state index contributed by atoms with van der Waals surface area (Å²) in [5, 5.41) is 12.8. The van der Waals surface area contributed by atoms with Crippen molar-refractivity contribution in [2.75, 3.05) is 5.32 Å². The number of hydrogen-bond donors (Lipinski definition) is 2. The quantitative estimate of drug-likeness (QED) is 0.352. The van der Waals surface area contributed by atoms with E-state index >= 15 is 0 Å². The first-order chi connectivity index (χ1) is 17.8. The van der Waals surface area contributed by atoms with Gasteiger partial charge in [0, 0.05) is 23.9 Å². The van der Waals surface area contributed by atoms with E-state index in [1.54, 1.807) is 44.4 Å². The van der Waals surface area contributed by atoms with Gasteiger partial charge in [0.1, 0.15) is 6.04 Å². The summed E-state index contributed by atoms with van der Waals surface area (Å²) in [6, 6.07) is 17.8. The average molecular weight is 513 g/mol. The maximum Gasteiger partial charge on any atom is 0.326 e. The average Bonchev–Trinajstić information content (AvgIpc) is 3.50. The van der Waals surface area contributed by atoms with Crippen molar-refractivity contribution >= 4 is 34.8 Å². The van der Waals surface area contributed by atoms with E-state index in [0.29, 0.717) is 22.0 Å². The van der Waals surface area contributed by atoms with Gasteiger partial charge in [-0.05, 0) is 35.2 Å². The van der Waals surface area contributed by atoms with Gasteiger partial charge in [-0.15, -0.1) is 11.3 Å². The number of nitrogens with zero attached hydrogens (tertiary/aromatic N) is 3. The minimum absolute atomic E-state index is 0.214. The number of anilines is 1. The van der Waals surface area contributed by atoms with Crippen molar-refractivity contribution in [1.82, 2.24) is 14.9 Å². The molecule has 8 nitrogen and oxygen atoms in total. The molecule has 0 fully saturated rings. The van der Waals surface area contributed by atoms with Crippen molar-refractivity contribution in [2.45, 2.75) is 26.4 Å². The fraction of sp³-hybridized carbons (Fsp3) is 0.179. The molecule has 0 saturated heterocycles. The molecule has 9 heteroatoms. The van der Waals surface area contributed by atoms with Gasteiger partial charge in [0.2, 0.25) is 0 Å². The molecule has 4 aromatic rings. The molecule has 2 aromatic heterocycles. The molecular formula is C28H24N4O4S. The number of aromatic nitrogens is 2. The zero-order chi connectivity index (χ0) is 26.1. The molecule has 2 N–H and O–H groups in total. The van der Waals surface area contributed by atoms with Crippen LogP contribution in [0.3, 0.4) is 0 Å². The molecule has 2 amide bonds. The predicted octanol–water partition coefficient (Wildman–Crippen LogP) is 5.19. The molecule has 0 saturated carbocycles. The zero-order valence-corrected chi connectivity index (χ0v) is 21.0. The van der Waals surface area contributed by atoms with E-state index in [9.17, 15) is 19.5 Å². The molecule has 0 bridgehead atoms. The van der Waals surface area contributed by atoms with Gasteiger partial charge in [0.05, 0.1) is 22.5 Å². The molecule has 1 aliphatic heterocycles. The Morgan fingerprint density at radius 2 is 1.78 bits per heavy atom. The second-order valence-corrected chi connectivity index (χ2v) is 10.1. The van der Waals surface area contributed by atoms with E-state index in [-0.39, 0.29) is 24.3 Å². The summed E-state index contributed by atoms with van der Waals surface area (Å²) in [7, 11) is 0. The summed E-state index contributed by atoms with van der Waals surface area (Å²) in [5.74, 6) is -1.83. The minimum Gasteiger partial charge on any atom is -0.480 e. The highest BCUT2D eigenvalue weighted by atomic mass is 32.1. The number of nitrogens with one attached hydrogen (secondary N) is 1. The Morgan fingerprint density at radius 3 is 2.46 bits per heavy atom. The topological polar surface area (TPSA) is 112 Å². The Kier molecular flexibility index (Phi) is 6.54. The van der Waals surface area contributed by atoms with Crippen LogP contribution < -0.4 is 5.32 Å². The molecule has 0 radical (unpaired) electrons. The third kappa shape index (κ3) is 4.85. The first-order valence-corrected chi connectivity index (χ1v) is 12.6. The molecule has 186 valence electrons. The molecule has 3 heterocycles. The lowest BCUT2D eigenvalue weighted by Crippen LogP contribution is -2.44. The number of carbonyl (C=O) groups excluding carboxylic acids is 2. The highest BCUT2D eigenvalue weighted by molar-refractivity contribution is 7.17. The number of carboxylic acids is 1. The lowest BCUT2D eigenvalue weighted by Gasteiger charge is -2.27. The van der Waals surface area contributed by atoms with Crippen LogP contribution in [0.15, 0.2) is 73.1 Å². The van der Waals surface area contributed by atoms with E-state index < -0.39 is 12.0 Å². The van der Waals surface area contributed by atoms with E-state index in [2.05, 4.69) is 15.3 Å². The molecule has 1 unspecified atom stereocenters. The van der Waals surface area contributed by atoms with Gasteiger partial charge in [-0.1, -0.05) is 56.3 Å². The summed E-state index contributed by atoms with van der Waals surface area (Å²) in [6.07, 6.45) is 3.24. The number of carbonyl (C=O) groups is 3. The fourth-order valence-electron chi connectivity index (χ4n) is 4.42. The Hall–Kier alpha value is -4.37. The van der Waals surface area contributed by atoms with Crippen LogP contribution in [0, 0.1) is 5.92 Å². The second-order valence-electron chi connectivity index (χ2n) is 9.11. The molecule has 5 rings (SSSR count). The van der Waals surface area contributed by atoms with E-state index in [1.807, 2.05) is 42.5 Å². The first kappa shape index (κ1) is 24.3. The number of hydrogen-bond acceptors (Lipinski definition) is 6. The number of pyridine rings is 1. The van der Waals surface area contributed by atoms with Crippen molar-refractivity contribution in [3.8, 4) is 21.7 Å². The van der Waals surface area contributed by atoms with Gasteiger partial charge in [0.15, 0.2) is 5.01 Å². The number of thiazole rings is 1. The van der Waals surface area contributed by atoms with Gasteiger partial charge in [-0.3, -0.25) is 14.6 Å². The first-order valence-electron chi connectivity index (χ1n) is 11.8. The van der Waals surface area contributed by atoms with Crippen molar-refractivity contribution < 1.29 is 19.5 Å². The Labute approximate surface area is 217 Å². The molecule has 0 spiro atoms. The summed E-state index contributed by atoms with van der Waals surface area (Å²) in [4.78, 5) is 48.5. The standard InChI is InChI=1S/C28H24N4O4S/c1-16(2)24(28(35)36)32-15-19-9-8-18(12-21(19)27(32)34)22-11-10-20(13-29-22)31-25(33)26-30-14-23(37-26)17-6-4-3-5-7-17/h3-14,16,24H,15H2,1-2H3,(H,31,33)(H,35,36). The highest BCUT2D eigenvalue weighted by Crippen LogP contribution is 2.31. The maximum atomic E-state index is 13.0. The number of rotatable bonds is 7. The number of benzene rings is 2. The molecule has 1 aliphatic rings. The largest absolute Gasteiger partial charge is 0.480 e. The number of carboxylic acid groups (broad SMARTS) is 1. The monoisotopic (exact) mass is 512 g/mol. The van der Waals surface area contributed by atoms with Crippen LogP contribution in [0.2, 0.25) is 0 Å². The summed E-state index contributed by atoms with van der Waals surface area (Å²) in [6.45, 7) is 3.85. The lowest BCUT2D eigenvalue weighted by molar-refractivity contribution is -0.144. The van der Waals surface area contributed by atoms with Crippen LogP contribution in [-0.2, 0) is 11.3 Å². The van der Waals surface area contributed by atoms with Gasteiger partial charge in [-0.25, -0.2) is 9.78 Å². The molecule has 2 aromatic carbocycles. The normalized spacial score (nSPS) is 13.5. The maximum absolute atomic E-state index is 13.0. The van der Waals surface area contributed by atoms with Crippen LogP contribution in [0.1, 0.15) is 39.6 Å². The Morgan fingerprint density at radius 1 is 1.00 bits per heavy atom. The van der Waals surface area contributed by atoms with E-state index in [0.717, 1.165) is 21.6 Å². The van der Waals surface area contributed by atoms with Crippen LogP contribution in [0.4, 0.5) is 5.69 Å². The molecular weight excluding hydrogens is 488 g/mol. The molecule has 1 atom stereocenters. The summed E-state index contributed by atoms with van der Waals surface area (Å²) in [5.41, 5.74) is 4.17. The van der Waals surface area contributed by atoms with E-state index in [4.69, 9.17) is 0 Å². The van der Waals surface area contributed by atoms with Crippen molar-refractivity contribution in [1.29, 1.82) is 0 Å². The fourth-order valence-corrected chi connectivity index (χ4v) is 5.24. The van der Waals surface area contributed by atoms with Crippen molar-refractivity contribution in [2.24, 2.45) is 5.92 Å². The Balaban J connectivity index is 1.29. The SMILES string of the molecule is CC(C)C(C(=O)O)N1Cc2ccc(-c3ccc(NC(=O)c4ncc(-c5ccccc5)s4)cn3)cc2C1=O. The number of amides is 2. The molecule has 0 aliphatic carbocycles. The Bertz CT molecular complexity index is 1480. The van der Waals surface area contributed by atoms with E-state index in [1.165, 1.54) is 16.2 Å². The third-order valence-corrected chi connectivity index (χ3v) is 7.28. The van der Waals surface area contributed by atoms with Crippen LogP contribution in [0.25, 0.3) is 21.7 Å². The number of aliphatic carboxylic acids is 1. The van der Waals surface area contributed by atoms with Gasteiger partial charge in [-0.2, -0.15) is 0 Å². The number of fused-ring (bicyclic) bond motifs is 1. The van der Waals surface area contributed by atoms with Gasteiger partial charge >= 0.3 is 5.97 Å². The highest BCUT2D eigenvalue weighted by Gasteiger charge is 2.38. The van der Waals surface area contributed by atoms with Crippen molar-refractivity contribution in [3.63, 3.8) is 0 Å². The van der Waals surface area contributed by atoms with Gasteiger partial charge < -0.3 is 15.3 Å². The van der Waals surface area contributed by atoms with Crippen LogP contribution in [0.5, 0.6) is 0 Å². The van der Waals surface area contributed by atoms with Gasteiger partial charge in [0.25, 0.3) is 11.8 Å². The third-order valence-electron chi connectivity index (χ3n) is 6.24. The summed E-state index contributed by atoms with van der Waals surface area (Å²) < 4.78 is 0. The summed E-state index contributed by atoms with van der Waals surface area (Å²) >= 11 is 1.31. The smallest absolute Gasteiger partial charge is 0.326 e. The van der Waals surface area contributed by atoms with Crippen LogP contribution in [-0.4, -0.2) is 43.8 Å². The lowest BCUT2D eigenvalue weighted by atomic mass is 10.0. The predicted molar refractivity (Wildman–Crippen MR) is 141 cm³/mol.